The molecule has 2 bridgehead atoms. The standard InChI is InChI=1S/C19H18Cl2/c20-15-8-7-14(12-3-1-2-4-13(12)15)19(21)18-16-10-5-6-11(9-10)17(16)18/h1-4,7-8,10-11,16-19H,5-6,9H2. The van der Waals surface area contributed by atoms with Crippen molar-refractivity contribution < 1.29 is 0 Å². The first-order valence-corrected chi connectivity index (χ1v) is 8.88. The van der Waals surface area contributed by atoms with Gasteiger partial charge in [-0.25, -0.2) is 0 Å². The maximum absolute atomic E-state index is 6.95. The van der Waals surface area contributed by atoms with Crippen LogP contribution in [0.2, 0.25) is 5.02 Å². The number of alkyl halides is 1. The van der Waals surface area contributed by atoms with Gasteiger partial charge in [-0.05, 0) is 65.9 Å². The molecular formula is C19H18Cl2. The Labute approximate surface area is 135 Å². The topological polar surface area (TPSA) is 0 Å². The number of halogens is 2. The molecule has 2 aromatic rings. The van der Waals surface area contributed by atoms with Crippen molar-refractivity contribution in [2.45, 2.75) is 24.6 Å². The number of hydrogen-bond donors (Lipinski definition) is 0. The third-order valence-electron chi connectivity index (χ3n) is 6.33. The van der Waals surface area contributed by atoms with Crippen LogP contribution in [0.3, 0.4) is 0 Å². The third-order valence-corrected chi connectivity index (χ3v) is 7.19. The molecule has 5 atom stereocenters. The fourth-order valence-electron chi connectivity index (χ4n) is 5.52. The van der Waals surface area contributed by atoms with Crippen molar-refractivity contribution in [1.82, 2.24) is 0 Å². The van der Waals surface area contributed by atoms with Crippen molar-refractivity contribution in [3.63, 3.8) is 0 Å². The van der Waals surface area contributed by atoms with Gasteiger partial charge in [-0.1, -0.05) is 41.9 Å². The fraction of sp³-hybridized carbons (Fsp3) is 0.474. The van der Waals surface area contributed by atoms with Gasteiger partial charge in [-0.3, -0.25) is 0 Å². The molecule has 5 unspecified atom stereocenters. The van der Waals surface area contributed by atoms with Crippen LogP contribution in [0, 0.1) is 29.6 Å². The van der Waals surface area contributed by atoms with Gasteiger partial charge in [0.25, 0.3) is 0 Å². The van der Waals surface area contributed by atoms with Crippen LogP contribution in [-0.4, -0.2) is 0 Å². The lowest BCUT2D eigenvalue weighted by atomic mass is 9.94. The van der Waals surface area contributed by atoms with Crippen LogP contribution < -0.4 is 0 Å². The van der Waals surface area contributed by atoms with Gasteiger partial charge in [0, 0.05) is 10.4 Å². The van der Waals surface area contributed by atoms with Crippen molar-refractivity contribution in [1.29, 1.82) is 0 Å². The van der Waals surface area contributed by atoms with E-state index in [1.807, 2.05) is 12.1 Å². The first kappa shape index (κ1) is 12.8. The molecule has 108 valence electrons. The monoisotopic (exact) mass is 316 g/mol. The molecule has 0 amide bonds. The van der Waals surface area contributed by atoms with E-state index in [1.165, 1.54) is 30.2 Å². The Morgan fingerprint density at radius 2 is 1.57 bits per heavy atom. The van der Waals surface area contributed by atoms with Crippen molar-refractivity contribution in [3.05, 3.63) is 47.0 Å². The zero-order chi connectivity index (χ0) is 14.1. The van der Waals surface area contributed by atoms with Crippen LogP contribution in [0.25, 0.3) is 10.8 Å². The molecule has 2 aromatic carbocycles. The minimum atomic E-state index is 0.158. The van der Waals surface area contributed by atoms with Crippen LogP contribution in [0.15, 0.2) is 36.4 Å². The summed E-state index contributed by atoms with van der Waals surface area (Å²) in [6.07, 6.45) is 4.39. The number of fused-ring (bicyclic) bond motifs is 6. The van der Waals surface area contributed by atoms with Crippen LogP contribution in [-0.2, 0) is 0 Å². The van der Waals surface area contributed by atoms with Gasteiger partial charge in [0.1, 0.15) is 0 Å². The summed E-state index contributed by atoms with van der Waals surface area (Å²) >= 11 is 13.3. The Morgan fingerprint density at radius 3 is 2.29 bits per heavy atom. The number of hydrogen-bond acceptors (Lipinski definition) is 0. The predicted molar refractivity (Wildman–Crippen MR) is 88.9 cm³/mol. The molecule has 0 N–H and O–H groups in total. The van der Waals surface area contributed by atoms with Gasteiger partial charge in [0.15, 0.2) is 0 Å². The fourth-order valence-corrected chi connectivity index (χ4v) is 6.27. The second kappa shape index (κ2) is 4.40. The molecule has 3 saturated carbocycles. The van der Waals surface area contributed by atoms with Gasteiger partial charge in [-0.2, -0.15) is 0 Å². The lowest BCUT2D eigenvalue weighted by molar-refractivity contribution is 0.455. The number of rotatable bonds is 2. The molecule has 0 aliphatic heterocycles. The molecule has 0 spiro atoms. The summed E-state index contributed by atoms with van der Waals surface area (Å²) in [7, 11) is 0. The van der Waals surface area contributed by atoms with E-state index in [-0.39, 0.29) is 5.38 Å². The first-order chi connectivity index (χ1) is 10.3. The molecule has 5 rings (SSSR count). The first-order valence-electron chi connectivity index (χ1n) is 8.07. The molecule has 0 heterocycles. The Hall–Kier alpha value is -0.720. The SMILES string of the molecule is Clc1ccc(C(Cl)C2C3C4CCC(C4)C32)c2ccccc12. The van der Waals surface area contributed by atoms with E-state index in [9.17, 15) is 0 Å². The van der Waals surface area contributed by atoms with E-state index >= 15 is 0 Å². The third kappa shape index (κ3) is 1.69. The van der Waals surface area contributed by atoms with Crippen LogP contribution in [0.4, 0.5) is 0 Å². The molecule has 0 aromatic heterocycles. The van der Waals surface area contributed by atoms with Crippen molar-refractivity contribution in [3.8, 4) is 0 Å². The minimum Gasteiger partial charge on any atom is -0.117 e. The summed E-state index contributed by atoms with van der Waals surface area (Å²) in [4.78, 5) is 0. The van der Waals surface area contributed by atoms with Crippen molar-refractivity contribution >= 4 is 34.0 Å². The molecule has 3 aliphatic rings. The Bertz CT molecular complexity index is 707. The maximum Gasteiger partial charge on any atom is 0.0625 e. The Morgan fingerprint density at radius 1 is 0.905 bits per heavy atom. The highest BCUT2D eigenvalue weighted by molar-refractivity contribution is 6.35. The summed E-state index contributed by atoms with van der Waals surface area (Å²) in [5.74, 6) is 4.50. The highest BCUT2D eigenvalue weighted by Gasteiger charge is 2.66. The summed E-state index contributed by atoms with van der Waals surface area (Å²) in [6.45, 7) is 0. The van der Waals surface area contributed by atoms with Gasteiger partial charge in [-0.15, -0.1) is 11.6 Å². The molecule has 21 heavy (non-hydrogen) atoms. The smallest absolute Gasteiger partial charge is 0.0625 e. The van der Waals surface area contributed by atoms with E-state index in [1.54, 1.807) is 0 Å². The summed E-state index contributed by atoms with van der Waals surface area (Å²) in [5, 5.41) is 3.36. The van der Waals surface area contributed by atoms with E-state index < -0.39 is 0 Å². The molecule has 0 nitrogen and oxygen atoms in total. The van der Waals surface area contributed by atoms with Crippen LogP contribution in [0.1, 0.15) is 30.2 Å². The molecule has 2 heteroatoms. The highest BCUT2D eigenvalue weighted by atomic mass is 35.5. The Kier molecular flexibility index (Phi) is 2.68. The molecule has 3 aliphatic carbocycles. The van der Waals surface area contributed by atoms with Crippen molar-refractivity contribution in [2.24, 2.45) is 29.6 Å². The summed E-state index contributed by atoms with van der Waals surface area (Å²) < 4.78 is 0. The van der Waals surface area contributed by atoms with Gasteiger partial charge >= 0.3 is 0 Å². The lowest BCUT2D eigenvalue weighted by Crippen LogP contribution is -2.04. The molecule has 0 saturated heterocycles. The van der Waals surface area contributed by atoms with Gasteiger partial charge in [0.05, 0.1) is 5.38 Å². The predicted octanol–water partition coefficient (Wildman–Crippen LogP) is 6.07. The second-order valence-electron chi connectivity index (χ2n) is 7.15. The zero-order valence-corrected chi connectivity index (χ0v) is 13.3. The quantitative estimate of drug-likeness (QED) is 0.590. The average molecular weight is 317 g/mol. The maximum atomic E-state index is 6.95. The van der Waals surface area contributed by atoms with E-state index in [2.05, 4.69) is 24.3 Å². The van der Waals surface area contributed by atoms with Gasteiger partial charge < -0.3 is 0 Å². The highest BCUT2D eigenvalue weighted by Crippen LogP contribution is 2.73. The Balaban J connectivity index is 1.55. The average Bonchev–Trinajstić information content (AvgIpc) is 2.95. The molecular weight excluding hydrogens is 299 g/mol. The van der Waals surface area contributed by atoms with Crippen molar-refractivity contribution in [2.75, 3.05) is 0 Å². The van der Waals surface area contributed by atoms with Gasteiger partial charge in [0.2, 0.25) is 0 Å². The number of benzene rings is 2. The minimum absolute atomic E-state index is 0.158. The van der Waals surface area contributed by atoms with E-state index in [0.717, 1.165) is 34.1 Å². The largest absolute Gasteiger partial charge is 0.117 e. The normalized spacial score (nSPS) is 37.7. The summed E-state index contributed by atoms with van der Waals surface area (Å²) in [6, 6.07) is 12.6. The zero-order valence-electron chi connectivity index (χ0n) is 11.8. The van der Waals surface area contributed by atoms with E-state index in [4.69, 9.17) is 23.2 Å². The van der Waals surface area contributed by atoms with Crippen LogP contribution >= 0.6 is 23.2 Å². The van der Waals surface area contributed by atoms with E-state index in [0.29, 0.717) is 5.92 Å². The lowest BCUT2D eigenvalue weighted by Gasteiger charge is -2.17. The summed E-state index contributed by atoms with van der Waals surface area (Å²) in [5.41, 5.74) is 1.29. The van der Waals surface area contributed by atoms with Crippen LogP contribution in [0.5, 0.6) is 0 Å². The molecule has 0 radical (unpaired) electrons. The molecule has 3 fully saturated rings. The second-order valence-corrected chi connectivity index (χ2v) is 8.03.